The zero-order valence-electron chi connectivity index (χ0n) is 7.70. The highest BCUT2D eigenvalue weighted by molar-refractivity contribution is 7.92. The molecule has 15 heavy (non-hydrogen) atoms. The van der Waals surface area contributed by atoms with Crippen molar-refractivity contribution in [2.45, 2.75) is 0 Å². The molecule has 0 saturated heterocycles. The van der Waals surface area contributed by atoms with Crippen LogP contribution in [0.5, 0.6) is 0 Å². The maximum atomic E-state index is 12.9. The number of sulfonamides is 1. The van der Waals surface area contributed by atoms with Crippen molar-refractivity contribution in [3.05, 3.63) is 29.0 Å². The lowest BCUT2D eigenvalue weighted by molar-refractivity contribution is 0.601. The predicted octanol–water partition coefficient (Wildman–Crippen LogP) is 1.18. The number of benzene rings is 1. The number of anilines is 1. The highest BCUT2D eigenvalue weighted by Crippen LogP contribution is 2.19. The number of hydrogen-bond donors (Lipinski definition) is 2. The maximum Gasteiger partial charge on any atom is 0.233 e. The summed E-state index contributed by atoms with van der Waals surface area (Å²) in [4.78, 5) is 0. The number of nitrogens with one attached hydrogen (secondary N) is 1. The molecule has 0 unspecified atom stereocenters. The highest BCUT2D eigenvalue weighted by atomic mass is 35.5. The fraction of sp³-hybridized carbons (Fsp3) is 0.250. The average molecular weight is 253 g/mol. The number of nitrogens with two attached hydrogens (primary N) is 1. The Morgan fingerprint density at radius 2 is 2.13 bits per heavy atom. The van der Waals surface area contributed by atoms with E-state index in [0.717, 1.165) is 6.07 Å². The van der Waals surface area contributed by atoms with Gasteiger partial charge in [0.1, 0.15) is 5.82 Å². The monoisotopic (exact) mass is 252 g/mol. The molecule has 1 aromatic carbocycles. The molecular formula is C8H10ClFN2O2S. The molecule has 0 aromatic heterocycles. The minimum absolute atomic E-state index is 0.00536. The van der Waals surface area contributed by atoms with E-state index in [4.69, 9.17) is 17.3 Å². The first-order valence-corrected chi connectivity index (χ1v) is 6.13. The van der Waals surface area contributed by atoms with Gasteiger partial charge < -0.3 is 5.73 Å². The highest BCUT2D eigenvalue weighted by Gasteiger charge is 2.10. The fourth-order valence-corrected chi connectivity index (χ4v) is 1.96. The van der Waals surface area contributed by atoms with Crippen molar-refractivity contribution in [2.75, 3.05) is 17.0 Å². The van der Waals surface area contributed by atoms with Gasteiger partial charge in [-0.15, -0.1) is 0 Å². The summed E-state index contributed by atoms with van der Waals surface area (Å²) < 4.78 is 37.6. The van der Waals surface area contributed by atoms with E-state index in [1.54, 1.807) is 0 Å². The molecule has 4 nitrogen and oxygen atoms in total. The van der Waals surface area contributed by atoms with Crippen LogP contribution in [0.3, 0.4) is 0 Å². The van der Waals surface area contributed by atoms with E-state index in [1.807, 2.05) is 0 Å². The van der Waals surface area contributed by atoms with Gasteiger partial charge in [0.05, 0.1) is 16.5 Å². The zero-order chi connectivity index (χ0) is 11.5. The van der Waals surface area contributed by atoms with Crippen molar-refractivity contribution in [3.63, 3.8) is 0 Å². The third-order valence-electron chi connectivity index (χ3n) is 1.58. The SMILES string of the molecule is NCCS(=O)(=O)Nc1ccc(Cl)c(F)c1. The number of halogens is 2. The van der Waals surface area contributed by atoms with Gasteiger partial charge in [0, 0.05) is 6.54 Å². The minimum atomic E-state index is -3.50. The van der Waals surface area contributed by atoms with Crippen molar-refractivity contribution in [2.24, 2.45) is 5.73 Å². The van der Waals surface area contributed by atoms with Gasteiger partial charge in [-0.1, -0.05) is 11.6 Å². The first-order chi connectivity index (χ1) is 6.94. The molecule has 0 amide bonds. The van der Waals surface area contributed by atoms with Gasteiger partial charge in [0.25, 0.3) is 0 Å². The van der Waals surface area contributed by atoms with Crippen molar-refractivity contribution < 1.29 is 12.8 Å². The summed E-state index contributed by atoms with van der Waals surface area (Å²) in [7, 11) is -3.50. The van der Waals surface area contributed by atoms with Crippen LogP contribution in [0.1, 0.15) is 0 Å². The standard InChI is InChI=1S/C8H10ClFN2O2S/c9-7-2-1-6(5-8(7)10)12-15(13,14)4-3-11/h1-2,5,12H,3-4,11H2. The molecule has 0 heterocycles. The van der Waals surface area contributed by atoms with E-state index in [0.29, 0.717) is 0 Å². The van der Waals surface area contributed by atoms with Crippen molar-refractivity contribution in [3.8, 4) is 0 Å². The molecule has 0 radical (unpaired) electrons. The summed E-state index contributed by atoms with van der Waals surface area (Å²) >= 11 is 5.44. The maximum absolute atomic E-state index is 12.9. The molecule has 0 fully saturated rings. The third kappa shape index (κ3) is 3.65. The Labute approximate surface area is 92.3 Å². The van der Waals surface area contributed by atoms with Crippen LogP contribution < -0.4 is 10.5 Å². The lowest BCUT2D eigenvalue weighted by Crippen LogP contribution is -2.22. The van der Waals surface area contributed by atoms with E-state index >= 15 is 0 Å². The summed E-state index contributed by atoms with van der Waals surface area (Å²) in [5.74, 6) is -0.887. The molecule has 0 aliphatic heterocycles. The normalized spacial score (nSPS) is 11.4. The summed E-state index contributed by atoms with van der Waals surface area (Å²) in [6.45, 7) is 0.00536. The summed E-state index contributed by atoms with van der Waals surface area (Å²) in [5, 5.41) is -0.0585. The average Bonchev–Trinajstić information content (AvgIpc) is 2.10. The zero-order valence-corrected chi connectivity index (χ0v) is 9.28. The second kappa shape index (κ2) is 4.78. The van der Waals surface area contributed by atoms with Gasteiger partial charge in [0.2, 0.25) is 10.0 Å². The van der Waals surface area contributed by atoms with E-state index in [9.17, 15) is 12.8 Å². The van der Waals surface area contributed by atoms with Crippen LogP contribution in [0.4, 0.5) is 10.1 Å². The molecule has 0 aliphatic carbocycles. The van der Waals surface area contributed by atoms with Crippen LogP contribution >= 0.6 is 11.6 Å². The Hall–Kier alpha value is -0.850. The molecular weight excluding hydrogens is 243 g/mol. The second-order valence-electron chi connectivity index (χ2n) is 2.84. The number of hydrogen-bond acceptors (Lipinski definition) is 3. The fourth-order valence-electron chi connectivity index (χ4n) is 0.945. The smallest absolute Gasteiger partial charge is 0.233 e. The molecule has 1 rings (SSSR count). The van der Waals surface area contributed by atoms with Gasteiger partial charge >= 0.3 is 0 Å². The predicted molar refractivity (Wildman–Crippen MR) is 57.9 cm³/mol. The first-order valence-electron chi connectivity index (χ1n) is 4.10. The van der Waals surface area contributed by atoms with Gasteiger partial charge in [-0.2, -0.15) is 0 Å². The molecule has 7 heteroatoms. The van der Waals surface area contributed by atoms with Crippen LogP contribution in [-0.4, -0.2) is 20.7 Å². The van der Waals surface area contributed by atoms with Crippen molar-refractivity contribution in [1.29, 1.82) is 0 Å². The van der Waals surface area contributed by atoms with Crippen molar-refractivity contribution in [1.82, 2.24) is 0 Å². The Morgan fingerprint density at radius 3 is 2.67 bits per heavy atom. The lowest BCUT2D eigenvalue weighted by atomic mass is 10.3. The summed E-state index contributed by atoms with van der Waals surface area (Å²) in [5.41, 5.74) is 5.24. The van der Waals surface area contributed by atoms with Crippen molar-refractivity contribution >= 4 is 27.3 Å². The Bertz CT molecular complexity index is 450. The van der Waals surface area contributed by atoms with Crippen LogP contribution in [0, 0.1) is 5.82 Å². The Kier molecular flexibility index (Phi) is 3.90. The molecule has 3 N–H and O–H groups in total. The van der Waals surface area contributed by atoms with E-state index < -0.39 is 15.8 Å². The lowest BCUT2D eigenvalue weighted by Gasteiger charge is -2.06. The number of rotatable bonds is 4. The minimum Gasteiger partial charge on any atom is -0.329 e. The van der Waals surface area contributed by atoms with Gasteiger partial charge in [-0.25, -0.2) is 12.8 Å². The first kappa shape index (κ1) is 12.2. The second-order valence-corrected chi connectivity index (χ2v) is 5.09. The molecule has 0 spiro atoms. The quantitative estimate of drug-likeness (QED) is 0.845. The molecule has 1 aromatic rings. The Balaban J connectivity index is 2.86. The van der Waals surface area contributed by atoms with Crippen LogP contribution in [-0.2, 0) is 10.0 Å². The van der Waals surface area contributed by atoms with E-state index in [1.165, 1.54) is 12.1 Å². The Morgan fingerprint density at radius 1 is 1.47 bits per heavy atom. The molecule has 0 bridgehead atoms. The molecule has 84 valence electrons. The summed E-state index contributed by atoms with van der Waals surface area (Å²) in [6, 6.07) is 3.66. The molecule has 0 aliphatic rings. The molecule has 0 saturated carbocycles. The van der Waals surface area contributed by atoms with Gasteiger partial charge in [0.15, 0.2) is 0 Å². The van der Waals surface area contributed by atoms with E-state index in [2.05, 4.69) is 4.72 Å². The van der Waals surface area contributed by atoms with Gasteiger partial charge in [-0.05, 0) is 18.2 Å². The van der Waals surface area contributed by atoms with E-state index in [-0.39, 0.29) is 23.0 Å². The van der Waals surface area contributed by atoms with Crippen LogP contribution in [0.2, 0.25) is 5.02 Å². The third-order valence-corrected chi connectivity index (χ3v) is 3.21. The van der Waals surface area contributed by atoms with Crippen LogP contribution in [0.25, 0.3) is 0 Å². The van der Waals surface area contributed by atoms with Crippen LogP contribution in [0.15, 0.2) is 18.2 Å². The summed E-state index contributed by atoms with van der Waals surface area (Å²) in [6.07, 6.45) is 0. The van der Waals surface area contributed by atoms with Gasteiger partial charge in [-0.3, -0.25) is 4.72 Å². The topological polar surface area (TPSA) is 72.2 Å². The molecule has 0 atom stereocenters. The largest absolute Gasteiger partial charge is 0.329 e.